The molecule has 1 heteroatoms. The van der Waals surface area contributed by atoms with Gasteiger partial charge in [0.05, 0.1) is 0 Å². The van der Waals surface area contributed by atoms with Crippen molar-refractivity contribution in [3.05, 3.63) is 89.5 Å². The van der Waals surface area contributed by atoms with E-state index in [9.17, 15) is 0 Å². The van der Waals surface area contributed by atoms with Crippen molar-refractivity contribution < 1.29 is 0 Å². The minimum Gasteiger partial charge on any atom is -0.0654 e. The molecule has 0 saturated heterocycles. The summed E-state index contributed by atoms with van der Waals surface area (Å²) in [7, 11) is -1.09. The minimum absolute atomic E-state index is 1.09. The molecule has 0 unspecified atom stereocenters. The van der Waals surface area contributed by atoms with Crippen molar-refractivity contribution in [1.29, 1.82) is 0 Å². The van der Waals surface area contributed by atoms with E-state index in [2.05, 4.69) is 93.6 Å². The number of rotatable bonds is 18. The first-order valence-electron chi connectivity index (χ1n) is 15.4. The van der Waals surface area contributed by atoms with Crippen LogP contribution in [-0.4, -0.2) is 8.80 Å². The first-order valence-corrected chi connectivity index (χ1v) is 16.9. The van der Waals surface area contributed by atoms with Crippen molar-refractivity contribution >= 4 is 24.4 Å². The van der Waals surface area contributed by atoms with E-state index in [1.165, 1.54) is 96.3 Å². The fourth-order valence-corrected chi connectivity index (χ4v) is 8.86. The summed E-state index contributed by atoms with van der Waals surface area (Å²) in [5.74, 6) is 0. The third-order valence-corrected chi connectivity index (χ3v) is 10.8. The van der Waals surface area contributed by atoms with Crippen LogP contribution >= 0.6 is 0 Å². The SMILES string of the molecule is CCCCCCc1ccccc1[Si](c1ccccc1CCCCCC)c1ccccc1CCCCCC. The van der Waals surface area contributed by atoms with E-state index >= 15 is 0 Å². The average molecular weight is 512 g/mol. The zero-order chi connectivity index (χ0) is 26.1. The minimum atomic E-state index is -1.09. The molecule has 0 bridgehead atoms. The molecule has 0 saturated carbocycles. The van der Waals surface area contributed by atoms with Gasteiger partial charge in [-0.15, -0.1) is 0 Å². The third kappa shape index (κ3) is 9.29. The molecule has 0 aliphatic rings. The van der Waals surface area contributed by atoms with Crippen molar-refractivity contribution in [2.45, 2.75) is 117 Å². The van der Waals surface area contributed by atoms with Crippen LogP contribution in [0, 0.1) is 0 Å². The molecule has 0 aliphatic heterocycles. The fraction of sp³-hybridized carbons (Fsp3) is 0.500. The second-order valence-corrected chi connectivity index (χ2v) is 13.1. The molecule has 3 aromatic rings. The maximum Gasteiger partial charge on any atom is 0.155 e. The van der Waals surface area contributed by atoms with Crippen LogP contribution < -0.4 is 15.6 Å². The largest absolute Gasteiger partial charge is 0.155 e. The van der Waals surface area contributed by atoms with Crippen molar-refractivity contribution in [2.24, 2.45) is 0 Å². The normalized spacial score (nSPS) is 11.4. The summed E-state index contributed by atoms with van der Waals surface area (Å²) in [6.07, 6.45) is 19.5. The Kier molecular flexibility index (Phi) is 13.8. The first kappa shape index (κ1) is 29.4. The summed E-state index contributed by atoms with van der Waals surface area (Å²) < 4.78 is 0. The molecule has 0 aliphatic carbocycles. The number of benzene rings is 3. The average Bonchev–Trinajstić information content (AvgIpc) is 2.94. The molecule has 3 aromatic carbocycles. The van der Waals surface area contributed by atoms with Crippen LogP contribution in [-0.2, 0) is 19.3 Å². The van der Waals surface area contributed by atoms with Gasteiger partial charge in [-0.2, -0.15) is 0 Å². The zero-order valence-corrected chi connectivity index (χ0v) is 25.0. The zero-order valence-electron chi connectivity index (χ0n) is 24.0. The van der Waals surface area contributed by atoms with Gasteiger partial charge in [0.2, 0.25) is 0 Å². The van der Waals surface area contributed by atoms with Gasteiger partial charge in [0, 0.05) is 0 Å². The molecule has 3 rings (SSSR count). The molecular weight excluding hydrogens is 460 g/mol. The van der Waals surface area contributed by atoms with Gasteiger partial charge in [0.1, 0.15) is 0 Å². The molecular formula is C36H51Si. The Balaban J connectivity index is 2.04. The van der Waals surface area contributed by atoms with Crippen molar-refractivity contribution in [2.75, 3.05) is 0 Å². The lowest BCUT2D eigenvalue weighted by Gasteiger charge is -2.25. The molecule has 199 valence electrons. The summed E-state index contributed by atoms with van der Waals surface area (Å²) in [4.78, 5) is 0. The van der Waals surface area contributed by atoms with Gasteiger partial charge >= 0.3 is 0 Å². The van der Waals surface area contributed by atoms with Crippen LogP contribution in [0.25, 0.3) is 0 Å². The first-order chi connectivity index (χ1) is 18.3. The Hall–Kier alpha value is -2.12. The highest BCUT2D eigenvalue weighted by atomic mass is 28.3. The Morgan fingerprint density at radius 1 is 0.378 bits per heavy atom. The molecule has 0 fully saturated rings. The van der Waals surface area contributed by atoms with Gasteiger partial charge in [-0.3, -0.25) is 0 Å². The van der Waals surface area contributed by atoms with Crippen LogP contribution in [0.15, 0.2) is 72.8 Å². The van der Waals surface area contributed by atoms with E-state index < -0.39 is 8.80 Å². The lowest BCUT2D eigenvalue weighted by molar-refractivity contribution is 0.667. The van der Waals surface area contributed by atoms with Crippen molar-refractivity contribution in [1.82, 2.24) is 0 Å². The lowest BCUT2D eigenvalue weighted by atomic mass is 10.1. The lowest BCUT2D eigenvalue weighted by Crippen LogP contribution is -2.55. The highest BCUT2D eigenvalue weighted by Crippen LogP contribution is 2.14. The molecule has 1 radical (unpaired) electrons. The summed E-state index contributed by atoms with van der Waals surface area (Å²) in [6.45, 7) is 6.93. The maximum atomic E-state index is 2.48. The van der Waals surface area contributed by atoms with Crippen molar-refractivity contribution in [3.63, 3.8) is 0 Å². The van der Waals surface area contributed by atoms with Gasteiger partial charge in [0.25, 0.3) is 0 Å². The Bertz CT molecular complexity index is 888. The maximum absolute atomic E-state index is 2.48. The smallest absolute Gasteiger partial charge is 0.0654 e. The predicted molar refractivity (Wildman–Crippen MR) is 168 cm³/mol. The Morgan fingerprint density at radius 3 is 0.973 bits per heavy atom. The molecule has 0 N–H and O–H groups in total. The number of unbranched alkanes of at least 4 members (excludes halogenated alkanes) is 9. The van der Waals surface area contributed by atoms with Crippen molar-refractivity contribution in [3.8, 4) is 0 Å². The topological polar surface area (TPSA) is 0 Å². The second-order valence-electron chi connectivity index (χ2n) is 10.8. The molecule has 0 spiro atoms. The molecule has 0 heterocycles. The Labute approximate surface area is 230 Å². The molecule has 0 amide bonds. The van der Waals surface area contributed by atoms with E-state index in [1.54, 1.807) is 32.3 Å². The fourth-order valence-electron chi connectivity index (χ4n) is 5.61. The van der Waals surface area contributed by atoms with Gasteiger partial charge in [0.15, 0.2) is 8.80 Å². The highest BCUT2D eigenvalue weighted by molar-refractivity contribution is 6.96. The van der Waals surface area contributed by atoms with Crippen LogP contribution in [0.4, 0.5) is 0 Å². The van der Waals surface area contributed by atoms with E-state index in [1.807, 2.05) is 0 Å². The van der Waals surface area contributed by atoms with Gasteiger partial charge in [-0.05, 0) is 70.8 Å². The van der Waals surface area contributed by atoms with E-state index in [-0.39, 0.29) is 0 Å². The second kappa shape index (κ2) is 17.4. The summed E-state index contributed by atoms with van der Waals surface area (Å²) >= 11 is 0. The summed E-state index contributed by atoms with van der Waals surface area (Å²) in [5, 5.41) is 4.89. The van der Waals surface area contributed by atoms with Gasteiger partial charge < -0.3 is 0 Å². The summed E-state index contributed by atoms with van der Waals surface area (Å²) in [5.41, 5.74) is 4.78. The van der Waals surface area contributed by atoms with Gasteiger partial charge in [-0.25, -0.2) is 0 Å². The standard InChI is InChI=1S/C36H51Si/c1-4-7-10-13-22-31-25-16-19-28-34(31)37(35-29-20-17-26-32(35)23-14-11-8-5-2)36-30-21-18-27-33(36)24-15-12-9-6-3/h16-21,25-30H,4-15,22-24H2,1-3H3. The van der Waals surface area contributed by atoms with Crippen LogP contribution in [0.3, 0.4) is 0 Å². The predicted octanol–water partition coefficient (Wildman–Crippen LogP) is 8.57. The molecule has 0 aromatic heterocycles. The number of hydrogen-bond acceptors (Lipinski definition) is 0. The highest BCUT2D eigenvalue weighted by Gasteiger charge is 2.26. The quantitative estimate of drug-likeness (QED) is 0.0911. The third-order valence-electron chi connectivity index (χ3n) is 7.76. The van der Waals surface area contributed by atoms with Crippen LogP contribution in [0.2, 0.25) is 0 Å². The number of aryl methyl sites for hydroxylation is 3. The molecule has 37 heavy (non-hydrogen) atoms. The van der Waals surface area contributed by atoms with Crippen LogP contribution in [0.5, 0.6) is 0 Å². The van der Waals surface area contributed by atoms with Gasteiger partial charge in [-0.1, -0.05) is 151 Å². The molecule has 0 nitrogen and oxygen atoms in total. The number of hydrogen-bond donors (Lipinski definition) is 0. The monoisotopic (exact) mass is 511 g/mol. The Morgan fingerprint density at radius 2 is 0.676 bits per heavy atom. The van der Waals surface area contributed by atoms with E-state index in [4.69, 9.17) is 0 Å². The van der Waals surface area contributed by atoms with E-state index in [0.717, 1.165) is 0 Å². The summed E-state index contributed by atoms with van der Waals surface area (Å²) in [6, 6.07) is 28.4. The van der Waals surface area contributed by atoms with E-state index in [0.29, 0.717) is 0 Å². The van der Waals surface area contributed by atoms with Crippen LogP contribution in [0.1, 0.15) is 115 Å². The molecule has 0 atom stereocenters.